The zero-order valence-corrected chi connectivity index (χ0v) is 14.4. The van der Waals surface area contributed by atoms with Crippen molar-refractivity contribution in [2.24, 2.45) is 0 Å². The Balaban J connectivity index is 1.56. The van der Waals surface area contributed by atoms with Crippen molar-refractivity contribution in [2.45, 2.75) is 6.42 Å². The minimum absolute atomic E-state index is 0.0331. The number of carbonyl (C=O) groups is 2. The predicted molar refractivity (Wildman–Crippen MR) is 97.0 cm³/mol. The first-order valence-electron chi connectivity index (χ1n) is 8.34. The van der Waals surface area contributed by atoms with Crippen molar-refractivity contribution in [2.75, 3.05) is 37.0 Å². The number of para-hydroxylation sites is 1. The first kappa shape index (κ1) is 17.7. The van der Waals surface area contributed by atoms with Gasteiger partial charge in [-0.25, -0.2) is 9.18 Å². The molecule has 1 saturated heterocycles. The summed E-state index contributed by atoms with van der Waals surface area (Å²) in [6, 6.07) is 12.9. The van der Waals surface area contributed by atoms with Crippen LogP contribution in [0.2, 0.25) is 0 Å². The Hall–Kier alpha value is -3.09. The van der Waals surface area contributed by atoms with Crippen LogP contribution in [0.15, 0.2) is 48.5 Å². The van der Waals surface area contributed by atoms with E-state index in [1.807, 2.05) is 0 Å². The fourth-order valence-electron chi connectivity index (χ4n) is 2.73. The molecule has 0 aliphatic carbocycles. The summed E-state index contributed by atoms with van der Waals surface area (Å²) in [7, 11) is 1.78. The van der Waals surface area contributed by atoms with Crippen LogP contribution in [-0.4, -0.2) is 43.6 Å². The molecule has 0 saturated carbocycles. The maximum absolute atomic E-state index is 13.5. The molecule has 0 bridgehead atoms. The van der Waals surface area contributed by atoms with Gasteiger partial charge in [-0.15, -0.1) is 0 Å². The predicted octanol–water partition coefficient (Wildman–Crippen LogP) is 3.11. The highest BCUT2D eigenvalue weighted by Gasteiger charge is 2.23. The van der Waals surface area contributed by atoms with Gasteiger partial charge >= 0.3 is 6.03 Å². The topological polar surface area (TPSA) is 61.9 Å². The van der Waals surface area contributed by atoms with Crippen LogP contribution in [0.5, 0.6) is 5.75 Å². The average molecular weight is 357 g/mol. The molecule has 1 fully saturated rings. The van der Waals surface area contributed by atoms with Crippen molar-refractivity contribution in [3.8, 4) is 5.75 Å². The highest BCUT2D eigenvalue weighted by Crippen LogP contribution is 2.22. The summed E-state index contributed by atoms with van der Waals surface area (Å²) in [5, 5.41) is 2.68. The second kappa shape index (κ2) is 7.86. The van der Waals surface area contributed by atoms with Gasteiger partial charge in [-0.3, -0.25) is 9.69 Å². The number of urea groups is 1. The molecule has 136 valence electrons. The number of benzene rings is 2. The summed E-state index contributed by atoms with van der Waals surface area (Å²) in [6.07, 6.45) is 0.911. The normalized spacial score (nSPS) is 14.3. The third kappa shape index (κ3) is 4.11. The molecule has 26 heavy (non-hydrogen) atoms. The quantitative estimate of drug-likeness (QED) is 0.894. The Bertz CT molecular complexity index is 795. The number of rotatable bonds is 5. The number of hydrogen-bond acceptors (Lipinski definition) is 3. The number of anilines is 2. The molecule has 0 radical (unpaired) electrons. The second-order valence-electron chi connectivity index (χ2n) is 6.02. The van der Waals surface area contributed by atoms with Gasteiger partial charge < -0.3 is 15.0 Å². The van der Waals surface area contributed by atoms with E-state index >= 15 is 0 Å². The molecule has 1 aliphatic rings. The van der Waals surface area contributed by atoms with Gasteiger partial charge in [-0.05, 0) is 42.8 Å². The molecule has 0 aromatic heterocycles. The Kier molecular flexibility index (Phi) is 5.36. The summed E-state index contributed by atoms with van der Waals surface area (Å²) in [4.78, 5) is 27.5. The van der Waals surface area contributed by atoms with E-state index in [1.165, 1.54) is 12.1 Å². The molecule has 6 nitrogen and oxygen atoms in total. The number of nitrogens with zero attached hydrogens (tertiary/aromatic N) is 2. The Morgan fingerprint density at radius 3 is 2.62 bits per heavy atom. The summed E-state index contributed by atoms with van der Waals surface area (Å²) in [5.41, 5.74) is 1.36. The van der Waals surface area contributed by atoms with E-state index in [4.69, 9.17) is 4.74 Å². The van der Waals surface area contributed by atoms with Crippen molar-refractivity contribution in [3.05, 3.63) is 54.3 Å². The molecule has 0 atom stereocenters. The van der Waals surface area contributed by atoms with Gasteiger partial charge in [-0.2, -0.15) is 0 Å². The van der Waals surface area contributed by atoms with Crippen molar-refractivity contribution < 1.29 is 18.7 Å². The number of hydrogen-bond donors (Lipinski definition) is 1. The van der Waals surface area contributed by atoms with Gasteiger partial charge in [0.1, 0.15) is 0 Å². The summed E-state index contributed by atoms with van der Waals surface area (Å²) in [6.45, 7) is 1.13. The van der Waals surface area contributed by atoms with E-state index in [9.17, 15) is 14.0 Å². The minimum atomic E-state index is -0.513. The largest absolute Gasteiger partial charge is 0.481 e. The van der Waals surface area contributed by atoms with E-state index in [-0.39, 0.29) is 18.4 Å². The van der Waals surface area contributed by atoms with Crippen LogP contribution in [-0.2, 0) is 4.79 Å². The van der Waals surface area contributed by atoms with Crippen LogP contribution < -0.4 is 15.0 Å². The van der Waals surface area contributed by atoms with Gasteiger partial charge in [0.15, 0.2) is 18.2 Å². The highest BCUT2D eigenvalue weighted by molar-refractivity contribution is 5.94. The molecular weight excluding hydrogens is 337 g/mol. The van der Waals surface area contributed by atoms with Crippen LogP contribution >= 0.6 is 0 Å². The van der Waals surface area contributed by atoms with Crippen LogP contribution in [0.25, 0.3) is 0 Å². The molecule has 2 aromatic rings. The molecule has 1 N–H and O–H groups in total. The monoisotopic (exact) mass is 357 g/mol. The number of carbonyl (C=O) groups excluding carboxylic acids is 2. The minimum Gasteiger partial charge on any atom is -0.481 e. The smallest absolute Gasteiger partial charge is 0.324 e. The van der Waals surface area contributed by atoms with Gasteiger partial charge in [0.25, 0.3) is 5.91 Å². The standard InChI is InChI=1S/C19H20FN3O3/c1-22-11-4-12-23(19(22)25)15-9-7-14(8-10-15)21-18(24)13-26-17-6-3-2-5-16(17)20/h2-3,5-10H,4,11-13H2,1H3,(H,21,24). The Morgan fingerprint density at radius 1 is 1.15 bits per heavy atom. The molecule has 1 aliphatic heterocycles. The number of nitrogens with one attached hydrogen (secondary N) is 1. The van der Waals surface area contributed by atoms with E-state index in [0.29, 0.717) is 12.2 Å². The molecule has 0 spiro atoms. The summed E-state index contributed by atoms with van der Waals surface area (Å²) < 4.78 is 18.6. The van der Waals surface area contributed by atoms with E-state index in [0.717, 1.165) is 18.7 Å². The van der Waals surface area contributed by atoms with Crippen LogP contribution in [0.1, 0.15) is 6.42 Å². The van der Waals surface area contributed by atoms with E-state index in [2.05, 4.69) is 5.32 Å². The lowest BCUT2D eigenvalue weighted by Crippen LogP contribution is -2.47. The lowest BCUT2D eigenvalue weighted by atomic mass is 10.2. The Labute approximate surface area is 151 Å². The lowest BCUT2D eigenvalue weighted by Gasteiger charge is -2.33. The van der Waals surface area contributed by atoms with Crippen molar-refractivity contribution in [1.29, 1.82) is 0 Å². The third-order valence-electron chi connectivity index (χ3n) is 4.09. The van der Waals surface area contributed by atoms with Crippen molar-refractivity contribution >= 4 is 23.3 Å². The first-order valence-corrected chi connectivity index (χ1v) is 8.34. The van der Waals surface area contributed by atoms with Gasteiger partial charge in [0, 0.05) is 31.5 Å². The lowest BCUT2D eigenvalue weighted by molar-refractivity contribution is -0.118. The molecule has 0 unspecified atom stereocenters. The van der Waals surface area contributed by atoms with Crippen LogP contribution in [0.3, 0.4) is 0 Å². The number of amides is 3. The van der Waals surface area contributed by atoms with Gasteiger partial charge in [0.05, 0.1) is 0 Å². The zero-order valence-electron chi connectivity index (χ0n) is 14.4. The first-order chi connectivity index (χ1) is 12.5. The number of halogens is 1. The number of ether oxygens (including phenoxy) is 1. The second-order valence-corrected chi connectivity index (χ2v) is 6.02. The fourth-order valence-corrected chi connectivity index (χ4v) is 2.73. The molecule has 3 amide bonds. The van der Waals surface area contributed by atoms with Crippen LogP contribution in [0.4, 0.5) is 20.6 Å². The Morgan fingerprint density at radius 2 is 1.88 bits per heavy atom. The molecule has 1 heterocycles. The van der Waals surface area contributed by atoms with Crippen molar-refractivity contribution in [1.82, 2.24) is 4.90 Å². The SMILES string of the molecule is CN1CCCN(c2ccc(NC(=O)COc3ccccc3F)cc2)C1=O. The summed E-state index contributed by atoms with van der Waals surface area (Å²) >= 11 is 0. The highest BCUT2D eigenvalue weighted by atomic mass is 19.1. The molecule has 2 aromatic carbocycles. The van der Waals surface area contributed by atoms with E-state index < -0.39 is 11.7 Å². The maximum Gasteiger partial charge on any atom is 0.324 e. The molecule has 7 heteroatoms. The van der Waals surface area contributed by atoms with Crippen molar-refractivity contribution in [3.63, 3.8) is 0 Å². The van der Waals surface area contributed by atoms with Gasteiger partial charge in [0.2, 0.25) is 0 Å². The maximum atomic E-state index is 13.5. The van der Waals surface area contributed by atoms with E-state index in [1.54, 1.807) is 53.2 Å². The summed E-state index contributed by atoms with van der Waals surface area (Å²) in [5.74, 6) is -0.874. The molecular formula is C19H20FN3O3. The molecule has 3 rings (SSSR count). The average Bonchev–Trinajstić information content (AvgIpc) is 2.64. The zero-order chi connectivity index (χ0) is 18.5. The van der Waals surface area contributed by atoms with Gasteiger partial charge in [-0.1, -0.05) is 12.1 Å². The van der Waals surface area contributed by atoms with Crippen LogP contribution in [0, 0.1) is 5.82 Å². The fraction of sp³-hybridized carbons (Fsp3) is 0.263. The third-order valence-corrected chi connectivity index (χ3v) is 4.09.